The van der Waals surface area contributed by atoms with Crippen LogP contribution in [-0.4, -0.2) is 45.0 Å². The summed E-state index contributed by atoms with van der Waals surface area (Å²) in [6.45, 7) is 3.22. The molecular weight excluding hydrogens is 408 g/mol. The number of carbonyl (C=O) groups excluding carboxylic acids is 2. The van der Waals surface area contributed by atoms with E-state index in [-0.39, 0.29) is 36.3 Å². The van der Waals surface area contributed by atoms with Crippen molar-refractivity contribution < 1.29 is 18.0 Å². The minimum Gasteiger partial charge on any atom is -0.371 e. The smallest absolute Gasteiger partial charge is 0.220 e. The molecule has 3 rings (SSSR count). The summed E-state index contributed by atoms with van der Waals surface area (Å²) in [7, 11) is -3.18. The number of ketones is 1. The number of amides is 1. The third-order valence-electron chi connectivity index (χ3n) is 5.18. The van der Waals surface area contributed by atoms with E-state index in [1.165, 1.54) is 11.3 Å². The molecule has 2 heterocycles. The largest absolute Gasteiger partial charge is 0.371 e. The molecule has 0 radical (unpaired) electrons. The molecule has 0 aliphatic carbocycles. The maximum atomic E-state index is 12.2. The number of carbonyl (C=O) groups is 2. The molecule has 6 nitrogen and oxygen atoms in total. The van der Waals surface area contributed by atoms with Gasteiger partial charge in [0, 0.05) is 37.7 Å². The zero-order chi connectivity index (χ0) is 20.9. The van der Waals surface area contributed by atoms with E-state index in [1.807, 2.05) is 23.6 Å². The summed E-state index contributed by atoms with van der Waals surface area (Å²) in [5.74, 6) is 0.0251. The van der Waals surface area contributed by atoms with Crippen LogP contribution in [-0.2, 0) is 14.6 Å². The van der Waals surface area contributed by atoms with Gasteiger partial charge >= 0.3 is 0 Å². The number of nitrogens with one attached hydrogen (secondary N) is 1. The van der Waals surface area contributed by atoms with Crippen molar-refractivity contribution in [2.45, 2.75) is 43.5 Å². The standard InChI is InChI=1S/C21H26N2O4S2/c1-2-29(26,27)18-7-5-17(6-8-18)23-13-11-16(12-14-23)22-21(25)10-9-19(24)20-4-3-15-28-20/h3-8,15-16H,2,9-14H2,1H3,(H,22,25). The Labute approximate surface area is 175 Å². The number of piperidine rings is 1. The van der Waals surface area contributed by atoms with E-state index in [4.69, 9.17) is 0 Å². The van der Waals surface area contributed by atoms with Gasteiger partial charge in [-0.2, -0.15) is 0 Å². The normalized spacial score (nSPS) is 15.3. The maximum absolute atomic E-state index is 12.2. The lowest BCUT2D eigenvalue weighted by Gasteiger charge is -2.34. The van der Waals surface area contributed by atoms with E-state index < -0.39 is 9.84 Å². The van der Waals surface area contributed by atoms with Gasteiger partial charge in [-0.05, 0) is 48.6 Å². The van der Waals surface area contributed by atoms with Gasteiger partial charge in [-0.1, -0.05) is 13.0 Å². The first-order valence-corrected chi connectivity index (χ1v) is 12.4. The van der Waals surface area contributed by atoms with Gasteiger partial charge in [0.15, 0.2) is 15.6 Å². The summed E-state index contributed by atoms with van der Waals surface area (Å²) in [4.78, 5) is 27.4. The van der Waals surface area contributed by atoms with Crippen LogP contribution in [0, 0.1) is 0 Å². The van der Waals surface area contributed by atoms with Gasteiger partial charge in [0.1, 0.15) is 0 Å². The Hall–Kier alpha value is -2.19. The Morgan fingerprint density at radius 2 is 1.79 bits per heavy atom. The van der Waals surface area contributed by atoms with Crippen molar-refractivity contribution in [3.63, 3.8) is 0 Å². The summed E-state index contributed by atoms with van der Waals surface area (Å²) in [5.41, 5.74) is 0.992. The molecular formula is C21H26N2O4S2. The highest BCUT2D eigenvalue weighted by molar-refractivity contribution is 7.91. The monoisotopic (exact) mass is 434 g/mol. The van der Waals surface area contributed by atoms with Crippen LogP contribution >= 0.6 is 11.3 Å². The zero-order valence-electron chi connectivity index (χ0n) is 16.5. The minimum atomic E-state index is -3.18. The highest BCUT2D eigenvalue weighted by Gasteiger charge is 2.22. The lowest BCUT2D eigenvalue weighted by atomic mass is 10.0. The minimum absolute atomic E-state index is 0.0125. The van der Waals surface area contributed by atoms with Gasteiger partial charge in [-0.15, -0.1) is 11.3 Å². The SMILES string of the molecule is CCS(=O)(=O)c1ccc(N2CCC(NC(=O)CCC(=O)c3cccs3)CC2)cc1. The van der Waals surface area contributed by atoms with Gasteiger partial charge in [0.05, 0.1) is 15.5 Å². The molecule has 156 valence electrons. The van der Waals surface area contributed by atoms with Crippen LogP contribution < -0.4 is 10.2 Å². The fourth-order valence-corrected chi connectivity index (χ4v) is 4.98. The number of hydrogen-bond donors (Lipinski definition) is 1. The number of Topliss-reactive ketones (excluding diaryl/α,β-unsaturated/α-hetero) is 1. The highest BCUT2D eigenvalue weighted by Crippen LogP contribution is 2.22. The molecule has 8 heteroatoms. The molecule has 0 saturated carbocycles. The summed E-state index contributed by atoms with van der Waals surface area (Å²) in [5, 5.41) is 4.89. The molecule has 0 bridgehead atoms. The second-order valence-corrected chi connectivity index (χ2v) is 10.4. The van der Waals surface area contributed by atoms with Crippen LogP contribution in [0.4, 0.5) is 5.69 Å². The average molecular weight is 435 g/mol. The van der Waals surface area contributed by atoms with Crippen molar-refractivity contribution in [2.24, 2.45) is 0 Å². The number of rotatable bonds is 8. The van der Waals surface area contributed by atoms with Crippen LogP contribution in [0.1, 0.15) is 42.3 Å². The van der Waals surface area contributed by atoms with Gasteiger partial charge < -0.3 is 10.2 Å². The second-order valence-electron chi connectivity index (χ2n) is 7.13. The Kier molecular flexibility index (Phi) is 7.08. The molecule has 1 aromatic heterocycles. The topological polar surface area (TPSA) is 83.6 Å². The summed E-state index contributed by atoms with van der Waals surface area (Å²) < 4.78 is 23.8. The molecule has 1 aliphatic heterocycles. The number of nitrogens with zero attached hydrogens (tertiary/aromatic N) is 1. The van der Waals surface area contributed by atoms with E-state index in [1.54, 1.807) is 25.1 Å². The molecule has 1 fully saturated rings. The molecule has 29 heavy (non-hydrogen) atoms. The van der Waals surface area contributed by atoms with Gasteiger partial charge in [-0.25, -0.2) is 8.42 Å². The predicted octanol–water partition coefficient (Wildman–Crippen LogP) is 3.29. The van der Waals surface area contributed by atoms with Crippen molar-refractivity contribution in [1.82, 2.24) is 5.32 Å². The van der Waals surface area contributed by atoms with E-state index in [2.05, 4.69) is 10.2 Å². The van der Waals surface area contributed by atoms with Crippen molar-refractivity contribution >= 4 is 38.6 Å². The van der Waals surface area contributed by atoms with E-state index >= 15 is 0 Å². The first kappa shape index (κ1) is 21.5. The summed E-state index contributed by atoms with van der Waals surface area (Å²) >= 11 is 1.40. The number of hydrogen-bond acceptors (Lipinski definition) is 6. The first-order chi connectivity index (χ1) is 13.9. The Morgan fingerprint density at radius 1 is 1.10 bits per heavy atom. The number of sulfone groups is 1. The fraction of sp³-hybridized carbons (Fsp3) is 0.429. The molecule has 1 amide bonds. The summed E-state index contributed by atoms with van der Waals surface area (Å²) in [6, 6.07) is 10.7. The maximum Gasteiger partial charge on any atom is 0.220 e. The quantitative estimate of drug-likeness (QED) is 0.645. The predicted molar refractivity (Wildman–Crippen MR) is 115 cm³/mol. The first-order valence-electron chi connectivity index (χ1n) is 9.83. The van der Waals surface area contributed by atoms with E-state index in [0.717, 1.165) is 31.6 Å². The lowest BCUT2D eigenvalue weighted by Crippen LogP contribution is -2.44. The van der Waals surface area contributed by atoms with Gasteiger partial charge in [-0.3, -0.25) is 9.59 Å². The molecule has 2 aromatic rings. The molecule has 1 aliphatic rings. The fourth-order valence-electron chi connectivity index (χ4n) is 3.40. The molecule has 0 atom stereocenters. The van der Waals surface area contributed by atoms with Crippen LogP contribution in [0.3, 0.4) is 0 Å². The van der Waals surface area contributed by atoms with Gasteiger partial charge in [0.2, 0.25) is 5.91 Å². The molecule has 1 N–H and O–H groups in total. The summed E-state index contributed by atoms with van der Waals surface area (Å²) in [6.07, 6.45) is 2.09. The van der Waals surface area contributed by atoms with Crippen molar-refractivity contribution in [1.29, 1.82) is 0 Å². The van der Waals surface area contributed by atoms with Crippen molar-refractivity contribution in [2.75, 3.05) is 23.7 Å². The number of benzene rings is 1. The third-order valence-corrected chi connectivity index (χ3v) is 7.84. The average Bonchev–Trinajstić information content (AvgIpc) is 3.28. The molecule has 1 saturated heterocycles. The second kappa shape index (κ2) is 9.54. The van der Waals surface area contributed by atoms with Gasteiger partial charge in [0.25, 0.3) is 0 Å². The zero-order valence-corrected chi connectivity index (χ0v) is 18.1. The van der Waals surface area contributed by atoms with Crippen molar-refractivity contribution in [3.8, 4) is 0 Å². The van der Waals surface area contributed by atoms with E-state index in [9.17, 15) is 18.0 Å². The third kappa shape index (κ3) is 5.67. The van der Waals surface area contributed by atoms with Crippen LogP contribution in [0.15, 0.2) is 46.7 Å². The Morgan fingerprint density at radius 3 is 2.38 bits per heavy atom. The lowest BCUT2D eigenvalue weighted by molar-refractivity contribution is -0.121. The Bertz CT molecular complexity index is 930. The van der Waals surface area contributed by atoms with Crippen molar-refractivity contribution in [3.05, 3.63) is 46.7 Å². The molecule has 0 spiro atoms. The number of anilines is 1. The van der Waals surface area contributed by atoms with Crippen LogP contribution in [0.2, 0.25) is 0 Å². The van der Waals surface area contributed by atoms with Crippen LogP contribution in [0.5, 0.6) is 0 Å². The van der Waals surface area contributed by atoms with E-state index in [0.29, 0.717) is 9.77 Å². The highest BCUT2D eigenvalue weighted by atomic mass is 32.2. The Balaban J connectivity index is 1.44. The number of thiophene rings is 1. The van der Waals surface area contributed by atoms with Crippen LogP contribution in [0.25, 0.3) is 0 Å². The molecule has 1 aromatic carbocycles. The molecule has 0 unspecified atom stereocenters.